The van der Waals surface area contributed by atoms with Crippen LogP contribution in [0.1, 0.15) is 36.6 Å². The maximum Gasteiger partial charge on any atom is 0.131 e. The predicted molar refractivity (Wildman–Crippen MR) is 84.2 cm³/mol. The van der Waals surface area contributed by atoms with Crippen molar-refractivity contribution in [3.8, 4) is 0 Å². The summed E-state index contributed by atoms with van der Waals surface area (Å²) in [6.07, 6.45) is 1.02. The average Bonchev–Trinajstić information content (AvgIpc) is 2.73. The van der Waals surface area contributed by atoms with E-state index in [-0.39, 0.29) is 0 Å². The molecule has 2 aromatic rings. The maximum absolute atomic E-state index is 6.31. The van der Waals surface area contributed by atoms with Crippen LogP contribution in [0.3, 0.4) is 0 Å². The first-order valence-electron chi connectivity index (χ1n) is 7.05. The van der Waals surface area contributed by atoms with Crippen molar-refractivity contribution in [2.75, 3.05) is 6.54 Å². The van der Waals surface area contributed by atoms with Gasteiger partial charge >= 0.3 is 0 Å². The van der Waals surface area contributed by atoms with Crippen molar-refractivity contribution < 1.29 is 0 Å². The lowest BCUT2D eigenvalue weighted by Gasteiger charge is -2.08. The molecule has 0 unspecified atom stereocenters. The van der Waals surface area contributed by atoms with E-state index in [1.807, 2.05) is 13.1 Å². The molecule has 20 heavy (non-hydrogen) atoms. The van der Waals surface area contributed by atoms with Gasteiger partial charge in [-0.2, -0.15) is 5.10 Å². The van der Waals surface area contributed by atoms with Crippen molar-refractivity contribution in [1.82, 2.24) is 15.1 Å². The highest BCUT2D eigenvalue weighted by molar-refractivity contribution is 6.30. The number of aromatic nitrogens is 2. The van der Waals surface area contributed by atoms with E-state index in [4.69, 9.17) is 11.6 Å². The van der Waals surface area contributed by atoms with Crippen LogP contribution in [-0.4, -0.2) is 16.3 Å². The second kappa shape index (κ2) is 6.91. The molecule has 0 fully saturated rings. The van der Waals surface area contributed by atoms with Gasteiger partial charge in [0, 0.05) is 19.2 Å². The lowest BCUT2D eigenvalue weighted by Crippen LogP contribution is -2.17. The monoisotopic (exact) mass is 291 g/mol. The van der Waals surface area contributed by atoms with Crippen LogP contribution in [0.15, 0.2) is 30.3 Å². The van der Waals surface area contributed by atoms with Crippen LogP contribution < -0.4 is 5.32 Å². The van der Waals surface area contributed by atoms with E-state index in [0.717, 1.165) is 35.9 Å². The van der Waals surface area contributed by atoms with Gasteiger partial charge in [-0.15, -0.1) is 0 Å². The summed E-state index contributed by atoms with van der Waals surface area (Å²) in [5.41, 5.74) is 3.56. The second-order valence-corrected chi connectivity index (χ2v) is 5.70. The summed E-state index contributed by atoms with van der Waals surface area (Å²) in [4.78, 5) is 0. The lowest BCUT2D eigenvalue weighted by molar-refractivity contribution is 0.674. The Balaban J connectivity index is 1.91. The fourth-order valence-corrected chi connectivity index (χ4v) is 2.49. The quantitative estimate of drug-likeness (QED) is 0.825. The van der Waals surface area contributed by atoms with E-state index >= 15 is 0 Å². The number of nitrogens with one attached hydrogen (secondary N) is 1. The van der Waals surface area contributed by atoms with Crippen molar-refractivity contribution in [1.29, 1.82) is 0 Å². The fourth-order valence-electron chi connectivity index (χ4n) is 2.29. The van der Waals surface area contributed by atoms with Crippen molar-refractivity contribution in [2.45, 2.75) is 32.7 Å². The first-order valence-corrected chi connectivity index (χ1v) is 7.43. The Morgan fingerprint density at radius 3 is 2.60 bits per heavy atom. The van der Waals surface area contributed by atoms with Crippen LogP contribution in [-0.2, 0) is 20.0 Å². The minimum atomic E-state index is 0.389. The van der Waals surface area contributed by atoms with Gasteiger partial charge < -0.3 is 5.32 Å². The summed E-state index contributed by atoms with van der Waals surface area (Å²) in [6, 6.07) is 10.5. The molecular formula is C16H22ClN3. The topological polar surface area (TPSA) is 29.9 Å². The molecule has 0 saturated carbocycles. The molecule has 3 nitrogen and oxygen atoms in total. The Morgan fingerprint density at radius 1 is 1.25 bits per heavy atom. The van der Waals surface area contributed by atoms with Crippen LogP contribution in [0.5, 0.6) is 0 Å². The summed E-state index contributed by atoms with van der Waals surface area (Å²) in [6.45, 7) is 6.00. The van der Waals surface area contributed by atoms with Crippen molar-refractivity contribution in [3.05, 3.63) is 52.3 Å². The number of rotatable bonds is 6. The van der Waals surface area contributed by atoms with Crippen LogP contribution >= 0.6 is 11.6 Å². The standard InChI is InChI=1S/C16H22ClN3/c1-12(2)15-14(16(17)20(3)19-15)11-18-10-9-13-7-5-4-6-8-13/h4-8,12,18H,9-11H2,1-3H3. The minimum Gasteiger partial charge on any atom is -0.312 e. The first-order chi connectivity index (χ1) is 9.59. The van der Waals surface area contributed by atoms with Gasteiger partial charge in [0.2, 0.25) is 0 Å². The van der Waals surface area contributed by atoms with Gasteiger partial charge in [0.05, 0.1) is 5.69 Å². The molecule has 1 N–H and O–H groups in total. The zero-order valence-corrected chi connectivity index (χ0v) is 13.1. The third-order valence-corrected chi connectivity index (χ3v) is 3.85. The Labute approximate surface area is 126 Å². The number of aryl methyl sites for hydroxylation is 1. The van der Waals surface area contributed by atoms with E-state index in [2.05, 4.69) is 48.5 Å². The van der Waals surface area contributed by atoms with Crippen LogP contribution in [0.2, 0.25) is 5.15 Å². The second-order valence-electron chi connectivity index (χ2n) is 5.35. The third kappa shape index (κ3) is 3.62. The fraction of sp³-hybridized carbons (Fsp3) is 0.438. The van der Waals surface area contributed by atoms with Crippen LogP contribution in [0.25, 0.3) is 0 Å². The third-order valence-electron chi connectivity index (χ3n) is 3.38. The highest BCUT2D eigenvalue weighted by Crippen LogP contribution is 2.24. The smallest absolute Gasteiger partial charge is 0.131 e. The largest absolute Gasteiger partial charge is 0.312 e. The Bertz CT molecular complexity index is 546. The van der Waals surface area contributed by atoms with Gasteiger partial charge in [0.25, 0.3) is 0 Å². The molecular weight excluding hydrogens is 270 g/mol. The SMILES string of the molecule is CC(C)c1nn(C)c(Cl)c1CNCCc1ccccc1. The average molecular weight is 292 g/mol. The number of benzene rings is 1. The van der Waals surface area contributed by atoms with Gasteiger partial charge in [-0.1, -0.05) is 55.8 Å². The molecule has 1 aromatic carbocycles. The van der Waals surface area contributed by atoms with E-state index < -0.39 is 0 Å². The van der Waals surface area contributed by atoms with Gasteiger partial charge in [0.15, 0.2) is 0 Å². The molecule has 2 rings (SSSR count). The molecule has 1 aromatic heterocycles. The summed E-state index contributed by atoms with van der Waals surface area (Å²) < 4.78 is 1.76. The summed E-state index contributed by atoms with van der Waals surface area (Å²) in [5, 5.41) is 8.69. The summed E-state index contributed by atoms with van der Waals surface area (Å²) in [7, 11) is 1.89. The first kappa shape index (κ1) is 15.1. The van der Waals surface area contributed by atoms with E-state index in [0.29, 0.717) is 5.92 Å². The number of halogens is 1. The summed E-state index contributed by atoms with van der Waals surface area (Å²) >= 11 is 6.31. The van der Waals surface area contributed by atoms with Crippen molar-refractivity contribution in [3.63, 3.8) is 0 Å². The van der Waals surface area contributed by atoms with Crippen LogP contribution in [0.4, 0.5) is 0 Å². The maximum atomic E-state index is 6.31. The van der Waals surface area contributed by atoms with Gasteiger partial charge in [-0.05, 0) is 24.4 Å². The molecule has 0 aliphatic carbocycles. The minimum absolute atomic E-state index is 0.389. The summed E-state index contributed by atoms with van der Waals surface area (Å²) in [5.74, 6) is 0.389. The van der Waals surface area contributed by atoms with Gasteiger partial charge in [0.1, 0.15) is 5.15 Å². The molecule has 0 aliphatic rings. The van der Waals surface area contributed by atoms with E-state index in [9.17, 15) is 0 Å². The molecule has 108 valence electrons. The van der Waals surface area contributed by atoms with Crippen LogP contribution in [0, 0.1) is 0 Å². The zero-order valence-electron chi connectivity index (χ0n) is 12.4. The van der Waals surface area contributed by atoms with Gasteiger partial charge in [-0.25, -0.2) is 0 Å². The Kier molecular flexibility index (Phi) is 5.21. The van der Waals surface area contributed by atoms with E-state index in [1.54, 1.807) is 4.68 Å². The predicted octanol–water partition coefficient (Wildman–Crippen LogP) is 3.53. The highest BCUT2D eigenvalue weighted by Gasteiger charge is 2.16. The van der Waals surface area contributed by atoms with Gasteiger partial charge in [-0.3, -0.25) is 4.68 Å². The number of hydrogen-bond donors (Lipinski definition) is 1. The van der Waals surface area contributed by atoms with Crippen molar-refractivity contribution in [2.24, 2.45) is 7.05 Å². The van der Waals surface area contributed by atoms with Crippen molar-refractivity contribution >= 4 is 11.6 Å². The lowest BCUT2D eigenvalue weighted by atomic mass is 10.1. The molecule has 0 amide bonds. The molecule has 0 spiro atoms. The molecule has 4 heteroatoms. The number of hydrogen-bond acceptors (Lipinski definition) is 2. The number of nitrogens with zero attached hydrogens (tertiary/aromatic N) is 2. The molecule has 0 radical (unpaired) electrons. The molecule has 0 bridgehead atoms. The Hall–Kier alpha value is -1.32. The highest BCUT2D eigenvalue weighted by atomic mass is 35.5. The molecule has 0 saturated heterocycles. The normalized spacial score (nSPS) is 11.2. The Morgan fingerprint density at radius 2 is 1.95 bits per heavy atom. The molecule has 1 heterocycles. The molecule has 0 atom stereocenters. The van der Waals surface area contributed by atoms with E-state index in [1.165, 1.54) is 5.56 Å². The zero-order chi connectivity index (χ0) is 14.5. The molecule has 0 aliphatic heterocycles.